The van der Waals surface area contributed by atoms with Crippen molar-refractivity contribution in [3.63, 3.8) is 0 Å². The van der Waals surface area contributed by atoms with Crippen LogP contribution >= 0.6 is 11.3 Å². The first kappa shape index (κ1) is 29.2. The zero-order valence-corrected chi connectivity index (χ0v) is 23.5. The Labute approximate surface area is 235 Å². The zero-order valence-electron chi connectivity index (χ0n) is 22.7. The number of hydrogen-bond donors (Lipinski definition) is 2. The van der Waals surface area contributed by atoms with Crippen LogP contribution < -0.4 is 10.1 Å². The van der Waals surface area contributed by atoms with Gasteiger partial charge < -0.3 is 15.2 Å². The van der Waals surface area contributed by atoms with Crippen LogP contribution in [0, 0.1) is 22.7 Å². The van der Waals surface area contributed by atoms with E-state index < -0.39 is 17.7 Å². The average molecular weight is 570 g/mol. The maximum absolute atomic E-state index is 13.5. The Morgan fingerprint density at radius 3 is 2.77 bits per heavy atom. The first-order valence-electron chi connectivity index (χ1n) is 12.7. The summed E-state index contributed by atoms with van der Waals surface area (Å²) in [6, 6.07) is 2.86. The quantitative estimate of drug-likeness (QED) is 0.237. The summed E-state index contributed by atoms with van der Waals surface area (Å²) in [4.78, 5) is 21.3. The van der Waals surface area contributed by atoms with Gasteiger partial charge in [-0.3, -0.25) is 4.98 Å². The number of aromatic nitrogens is 4. The Morgan fingerprint density at radius 2 is 2.08 bits per heavy atom. The van der Waals surface area contributed by atoms with E-state index in [-0.39, 0.29) is 29.8 Å². The molecular weight excluding hydrogens is 538 g/mol. The summed E-state index contributed by atoms with van der Waals surface area (Å²) in [6.07, 6.45) is 6.03. The van der Waals surface area contributed by atoms with Crippen LogP contribution in [0.5, 0.6) is 5.75 Å². The van der Waals surface area contributed by atoms with Crippen LogP contribution in [-0.4, -0.2) is 49.8 Å². The second-order valence-electron chi connectivity index (χ2n) is 10.1. The SMILES string of the molecule is CN/C=C\C[C@H]1CC1c1nnc([N+](=O)Cc2cnc(C#CCC(C)(C)O)cc2-c2cc(C(F)F)ncc2OC)s1. The van der Waals surface area contributed by atoms with Crippen molar-refractivity contribution in [2.45, 2.75) is 57.6 Å². The van der Waals surface area contributed by atoms with Gasteiger partial charge in [0.05, 0.1) is 24.0 Å². The van der Waals surface area contributed by atoms with Crippen LogP contribution in [0.4, 0.5) is 13.9 Å². The van der Waals surface area contributed by atoms with E-state index in [2.05, 4.69) is 43.4 Å². The number of alkyl halides is 2. The normalized spacial score (nSPS) is 16.6. The van der Waals surface area contributed by atoms with Crippen LogP contribution in [0.25, 0.3) is 11.1 Å². The number of halogens is 2. The number of nitroso groups, excluding NO2 is 1. The smallest absolute Gasteiger partial charge is 0.448 e. The van der Waals surface area contributed by atoms with Crippen molar-refractivity contribution in [1.29, 1.82) is 0 Å². The highest BCUT2D eigenvalue weighted by molar-refractivity contribution is 7.14. The van der Waals surface area contributed by atoms with Crippen molar-refractivity contribution in [3.05, 3.63) is 63.7 Å². The molecule has 0 spiro atoms. The molecule has 2 atom stereocenters. The Hall–Kier alpha value is -3.82. The molecule has 12 heteroatoms. The standard InChI is InChI=1S/C28H31F2N6O3S/c1-28(2,37)9-5-8-19-12-20(22-13-23(25(29)30)33-15-24(22)39-4)18(14-32-19)16-36(38)27-35-34-26(40-27)21-11-17(21)7-6-10-31-3/h6,10,12-15,17,21,25,31,37H,7,9,11,16H2,1-4H3/q+1/b10-6-/t17-,21?/m0/s1. The molecule has 9 nitrogen and oxygen atoms in total. The summed E-state index contributed by atoms with van der Waals surface area (Å²) in [6.45, 7) is 3.13. The zero-order chi connectivity index (χ0) is 28.9. The monoisotopic (exact) mass is 569 g/mol. The van der Waals surface area contributed by atoms with Gasteiger partial charge in [-0.2, -0.15) is 0 Å². The second kappa shape index (κ2) is 12.6. The average Bonchev–Trinajstić information content (AvgIpc) is 3.51. The van der Waals surface area contributed by atoms with Gasteiger partial charge in [-0.15, -0.1) is 0 Å². The van der Waals surface area contributed by atoms with Crippen molar-refractivity contribution in [2.24, 2.45) is 5.92 Å². The van der Waals surface area contributed by atoms with Gasteiger partial charge in [0.25, 0.3) is 6.43 Å². The topological polar surface area (TPSA) is 113 Å². The Morgan fingerprint density at radius 1 is 1.27 bits per heavy atom. The number of ether oxygens (including phenoxy) is 1. The molecule has 2 N–H and O–H groups in total. The number of nitrogens with one attached hydrogen (secondary N) is 1. The minimum Gasteiger partial charge on any atom is -0.494 e. The molecule has 3 heterocycles. The summed E-state index contributed by atoms with van der Waals surface area (Å²) in [7, 11) is 3.26. The second-order valence-corrected chi connectivity index (χ2v) is 11.1. The van der Waals surface area contributed by atoms with E-state index in [1.807, 2.05) is 13.2 Å². The van der Waals surface area contributed by atoms with Crippen molar-refractivity contribution in [3.8, 4) is 28.7 Å². The van der Waals surface area contributed by atoms with Crippen molar-refractivity contribution in [2.75, 3.05) is 14.2 Å². The maximum Gasteiger partial charge on any atom is 0.448 e. The van der Waals surface area contributed by atoms with E-state index in [0.717, 1.165) is 22.6 Å². The summed E-state index contributed by atoms with van der Waals surface area (Å²) in [5.41, 5.74) is 0.188. The van der Waals surface area contributed by atoms with Gasteiger partial charge in [0.1, 0.15) is 17.1 Å². The predicted molar refractivity (Wildman–Crippen MR) is 147 cm³/mol. The highest BCUT2D eigenvalue weighted by atomic mass is 32.1. The molecule has 1 saturated carbocycles. The maximum atomic E-state index is 13.5. The molecule has 1 unspecified atom stereocenters. The number of aliphatic hydroxyl groups is 1. The molecule has 0 radical (unpaired) electrons. The fraction of sp³-hybridized carbons (Fsp3) is 0.429. The lowest BCUT2D eigenvalue weighted by molar-refractivity contribution is -0.480. The van der Waals surface area contributed by atoms with Crippen molar-refractivity contribution >= 4 is 16.5 Å². The van der Waals surface area contributed by atoms with Gasteiger partial charge in [0, 0.05) is 36.7 Å². The minimum absolute atomic E-state index is 0.150. The van der Waals surface area contributed by atoms with Gasteiger partial charge in [-0.05, 0) is 83.6 Å². The number of hydrogen-bond acceptors (Lipinski definition) is 9. The first-order chi connectivity index (χ1) is 19.1. The molecule has 210 valence electrons. The minimum atomic E-state index is -2.79. The summed E-state index contributed by atoms with van der Waals surface area (Å²) in [5, 5.41) is 22.3. The number of nitrogens with zero attached hydrogens (tertiary/aromatic N) is 5. The summed E-state index contributed by atoms with van der Waals surface area (Å²) < 4.78 is 33.2. The molecule has 0 aromatic carbocycles. The molecular formula is C28H31F2N6O3S+. The van der Waals surface area contributed by atoms with Crippen molar-refractivity contribution < 1.29 is 23.4 Å². The van der Waals surface area contributed by atoms with Crippen LogP contribution in [0.15, 0.2) is 36.8 Å². The molecule has 4 rings (SSSR count). The van der Waals surface area contributed by atoms with Crippen LogP contribution in [0.1, 0.15) is 67.4 Å². The fourth-order valence-electron chi connectivity index (χ4n) is 4.10. The largest absolute Gasteiger partial charge is 0.494 e. The Balaban J connectivity index is 1.63. The Kier molecular flexibility index (Phi) is 9.17. The Bertz CT molecular complexity index is 1460. The lowest BCUT2D eigenvalue weighted by Gasteiger charge is -2.13. The fourth-order valence-corrected chi connectivity index (χ4v) is 5.06. The van der Waals surface area contributed by atoms with Gasteiger partial charge in [0.2, 0.25) is 0 Å². The third kappa shape index (κ3) is 7.43. The number of allylic oxidation sites excluding steroid dienone is 1. The molecule has 0 saturated heterocycles. The van der Waals surface area contributed by atoms with Gasteiger partial charge in [0.15, 0.2) is 11.6 Å². The summed E-state index contributed by atoms with van der Waals surface area (Å²) in [5.74, 6) is 6.80. The first-order valence-corrected chi connectivity index (χ1v) is 13.5. The molecule has 3 aromatic rings. The van der Waals surface area contributed by atoms with Gasteiger partial charge in [-0.1, -0.05) is 16.9 Å². The van der Waals surface area contributed by atoms with E-state index in [9.17, 15) is 18.8 Å². The molecule has 1 aliphatic rings. The van der Waals surface area contributed by atoms with E-state index in [0.29, 0.717) is 28.3 Å². The lowest BCUT2D eigenvalue weighted by atomic mass is 9.99. The van der Waals surface area contributed by atoms with E-state index in [1.165, 1.54) is 36.9 Å². The number of methoxy groups -OCH3 is 1. The third-order valence-electron chi connectivity index (χ3n) is 6.27. The highest BCUT2D eigenvalue weighted by Crippen LogP contribution is 2.51. The molecule has 0 aliphatic heterocycles. The van der Waals surface area contributed by atoms with E-state index >= 15 is 0 Å². The molecule has 3 aromatic heterocycles. The van der Waals surface area contributed by atoms with Gasteiger partial charge in [-0.25, -0.2) is 13.8 Å². The molecule has 0 amide bonds. The molecule has 1 aliphatic carbocycles. The van der Waals surface area contributed by atoms with Crippen molar-refractivity contribution in [1.82, 2.24) is 25.5 Å². The lowest BCUT2D eigenvalue weighted by Crippen LogP contribution is -2.16. The number of pyridine rings is 2. The predicted octanol–water partition coefficient (Wildman–Crippen LogP) is 5.29. The number of rotatable bonds is 11. The van der Waals surface area contributed by atoms with Crippen LogP contribution in [0.2, 0.25) is 0 Å². The molecule has 1 fully saturated rings. The van der Waals surface area contributed by atoms with Gasteiger partial charge >= 0.3 is 5.13 Å². The molecule has 40 heavy (non-hydrogen) atoms. The summed E-state index contributed by atoms with van der Waals surface area (Å²) >= 11 is 1.26. The highest BCUT2D eigenvalue weighted by Gasteiger charge is 2.42. The van der Waals surface area contributed by atoms with E-state index in [1.54, 1.807) is 19.9 Å². The van der Waals surface area contributed by atoms with Crippen LogP contribution in [0.3, 0.4) is 0 Å². The van der Waals surface area contributed by atoms with E-state index in [4.69, 9.17) is 4.74 Å². The van der Waals surface area contributed by atoms with Crippen LogP contribution in [-0.2, 0) is 6.54 Å². The third-order valence-corrected chi connectivity index (χ3v) is 7.33. The molecule has 0 bridgehead atoms.